The maximum Gasteiger partial charge on any atom is 0.325 e. The Hall–Kier alpha value is -2.57. The summed E-state index contributed by atoms with van der Waals surface area (Å²) in [4.78, 5) is 33.3. The number of nitrogens with zero attached hydrogens (tertiary/aromatic N) is 3. The van der Waals surface area contributed by atoms with E-state index in [4.69, 9.17) is 4.99 Å². The molecule has 36 heavy (non-hydrogen) atoms. The van der Waals surface area contributed by atoms with Crippen molar-refractivity contribution in [3.63, 3.8) is 0 Å². The van der Waals surface area contributed by atoms with Crippen LogP contribution in [0, 0.1) is 0 Å². The standard InChI is InChI=1S/C29H47N5O2/c1-3-4-5-6-7-8-9-10-11-12-13-14-15-19-22-34-25-26(33(2)29(36)32-27(25)35)31-28(34)30-23-24-20-17-16-18-21-24/h16-18,20-21,25-26H,3-15,19,22-23H2,1-2H3,(H,30,31)(H,32,35,36). The van der Waals surface area contributed by atoms with E-state index in [1.807, 2.05) is 30.3 Å². The molecule has 0 radical (unpaired) electrons. The Balaban J connectivity index is 1.38. The van der Waals surface area contributed by atoms with E-state index in [1.54, 1.807) is 11.9 Å². The van der Waals surface area contributed by atoms with Gasteiger partial charge >= 0.3 is 6.03 Å². The Kier molecular flexibility index (Phi) is 12.1. The van der Waals surface area contributed by atoms with Crippen LogP contribution in [0.1, 0.15) is 102 Å². The Morgan fingerprint density at radius 3 is 1.94 bits per heavy atom. The Bertz CT molecular complexity index is 828. The predicted molar refractivity (Wildman–Crippen MR) is 147 cm³/mol. The van der Waals surface area contributed by atoms with E-state index in [1.165, 1.54) is 77.0 Å². The fraction of sp³-hybridized carbons (Fsp3) is 0.690. The van der Waals surface area contributed by atoms with Gasteiger partial charge in [-0.15, -0.1) is 0 Å². The van der Waals surface area contributed by atoms with Gasteiger partial charge in [-0.05, 0) is 12.0 Å². The fourth-order valence-electron chi connectivity index (χ4n) is 5.19. The van der Waals surface area contributed by atoms with Gasteiger partial charge in [0.2, 0.25) is 0 Å². The average Bonchev–Trinajstić information content (AvgIpc) is 3.26. The molecule has 0 aliphatic carbocycles. The van der Waals surface area contributed by atoms with Gasteiger partial charge in [-0.1, -0.05) is 121 Å². The molecule has 2 atom stereocenters. The molecule has 3 rings (SSSR count). The number of aliphatic imine (C=N–C) groups is 1. The van der Waals surface area contributed by atoms with Crippen molar-refractivity contribution < 1.29 is 9.59 Å². The number of nitrogens with one attached hydrogen (secondary N) is 2. The molecule has 2 aliphatic heterocycles. The lowest BCUT2D eigenvalue weighted by atomic mass is 10.0. The molecule has 3 amide bonds. The van der Waals surface area contributed by atoms with Crippen molar-refractivity contribution in [1.82, 2.24) is 20.4 Å². The number of guanidine groups is 1. The number of unbranched alkanes of at least 4 members (excludes halogenated alkanes) is 13. The van der Waals surface area contributed by atoms with Crippen LogP contribution in [0.15, 0.2) is 35.3 Å². The summed E-state index contributed by atoms with van der Waals surface area (Å²) >= 11 is 0. The number of amides is 3. The van der Waals surface area contributed by atoms with E-state index in [0.29, 0.717) is 12.5 Å². The molecule has 0 bridgehead atoms. The van der Waals surface area contributed by atoms with Crippen LogP contribution in [-0.2, 0) is 11.3 Å². The van der Waals surface area contributed by atoms with Crippen molar-refractivity contribution in [2.45, 2.75) is 116 Å². The maximum atomic E-state index is 12.7. The zero-order valence-corrected chi connectivity index (χ0v) is 22.5. The van der Waals surface area contributed by atoms with Gasteiger partial charge in [0.25, 0.3) is 5.91 Å². The van der Waals surface area contributed by atoms with Crippen molar-refractivity contribution >= 4 is 17.9 Å². The molecule has 0 aromatic heterocycles. The monoisotopic (exact) mass is 497 g/mol. The first kappa shape index (κ1) is 28.0. The summed E-state index contributed by atoms with van der Waals surface area (Å²) in [5, 5.41) is 5.83. The number of hydrogen-bond acceptors (Lipinski definition) is 3. The van der Waals surface area contributed by atoms with Crippen molar-refractivity contribution in [3.05, 3.63) is 35.9 Å². The SMILES string of the molecule is CCCCCCCCCCCCCCCCN1C(=NCc2ccccc2)NC2C1C(=O)NC(=O)N2C. The molecule has 2 unspecified atom stereocenters. The highest BCUT2D eigenvalue weighted by Crippen LogP contribution is 2.22. The van der Waals surface area contributed by atoms with Crippen LogP contribution in [0.2, 0.25) is 0 Å². The van der Waals surface area contributed by atoms with Crippen molar-refractivity contribution in [2.24, 2.45) is 4.99 Å². The third-order valence-electron chi connectivity index (χ3n) is 7.43. The number of hydrogen-bond donors (Lipinski definition) is 2. The van der Waals surface area contributed by atoms with Gasteiger partial charge in [0.15, 0.2) is 12.0 Å². The number of carbonyl (C=O) groups excluding carboxylic acids is 2. The average molecular weight is 498 g/mol. The molecule has 7 heteroatoms. The summed E-state index contributed by atoms with van der Waals surface area (Å²) in [5.41, 5.74) is 1.12. The molecule has 200 valence electrons. The third kappa shape index (κ3) is 8.52. The largest absolute Gasteiger partial charge is 0.333 e. The van der Waals surface area contributed by atoms with Crippen LogP contribution < -0.4 is 10.6 Å². The van der Waals surface area contributed by atoms with Gasteiger partial charge in [0, 0.05) is 13.6 Å². The van der Waals surface area contributed by atoms with E-state index >= 15 is 0 Å². The molecule has 0 saturated carbocycles. The second-order valence-corrected chi connectivity index (χ2v) is 10.4. The highest BCUT2D eigenvalue weighted by molar-refractivity contribution is 6.04. The van der Waals surface area contributed by atoms with Crippen LogP contribution in [0.4, 0.5) is 4.79 Å². The molecule has 1 aromatic carbocycles. The zero-order chi connectivity index (χ0) is 25.6. The van der Waals surface area contributed by atoms with E-state index < -0.39 is 6.04 Å². The van der Waals surface area contributed by atoms with Gasteiger partial charge in [-0.2, -0.15) is 0 Å². The molecule has 7 nitrogen and oxygen atoms in total. The molecule has 0 spiro atoms. The lowest BCUT2D eigenvalue weighted by Gasteiger charge is -2.35. The van der Waals surface area contributed by atoms with Gasteiger partial charge < -0.3 is 15.1 Å². The molecule has 1 aromatic rings. The summed E-state index contributed by atoms with van der Waals surface area (Å²) in [7, 11) is 1.72. The van der Waals surface area contributed by atoms with Crippen LogP contribution in [0.3, 0.4) is 0 Å². The summed E-state index contributed by atoms with van der Waals surface area (Å²) in [6.07, 6.45) is 18.1. The first-order valence-electron chi connectivity index (χ1n) is 14.3. The predicted octanol–water partition coefficient (Wildman–Crippen LogP) is 5.81. The Morgan fingerprint density at radius 2 is 1.36 bits per heavy atom. The number of likely N-dealkylation sites (N-methyl/N-ethyl adjacent to an activating group) is 1. The molecule has 2 aliphatic rings. The molecule has 2 N–H and O–H groups in total. The van der Waals surface area contributed by atoms with Crippen molar-refractivity contribution in [3.8, 4) is 0 Å². The van der Waals surface area contributed by atoms with Gasteiger partial charge in [-0.3, -0.25) is 10.1 Å². The van der Waals surface area contributed by atoms with Gasteiger partial charge in [0.1, 0.15) is 6.17 Å². The van der Waals surface area contributed by atoms with Crippen LogP contribution in [0.25, 0.3) is 0 Å². The Morgan fingerprint density at radius 1 is 0.806 bits per heavy atom. The van der Waals surface area contributed by atoms with Crippen molar-refractivity contribution in [1.29, 1.82) is 0 Å². The number of carbonyl (C=O) groups is 2. The van der Waals surface area contributed by atoms with Gasteiger partial charge in [-0.25, -0.2) is 9.79 Å². The number of benzene rings is 1. The fourth-order valence-corrected chi connectivity index (χ4v) is 5.19. The van der Waals surface area contributed by atoms with Crippen molar-refractivity contribution in [2.75, 3.05) is 13.6 Å². The minimum atomic E-state index is -0.441. The van der Waals surface area contributed by atoms with Crippen LogP contribution in [0.5, 0.6) is 0 Å². The smallest absolute Gasteiger partial charge is 0.325 e. The first-order chi connectivity index (χ1) is 17.6. The van der Waals surface area contributed by atoms with E-state index in [2.05, 4.69) is 22.5 Å². The number of fused-ring (bicyclic) bond motifs is 1. The highest BCUT2D eigenvalue weighted by atomic mass is 16.2. The lowest BCUT2D eigenvalue weighted by Crippen LogP contribution is -2.64. The Labute approximate surface area is 218 Å². The number of imide groups is 1. The van der Waals surface area contributed by atoms with E-state index in [0.717, 1.165) is 24.9 Å². The van der Waals surface area contributed by atoms with Crippen LogP contribution in [-0.4, -0.2) is 53.5 Å². The maximum absolute atomic E-state index is 12.7. The molecule has 2 fully saturated rings. The minimum absolute atomic E-state index is 0.245. The number of rotatable bonds is 17. The topological polar surface area (TPSA) is 77.0 Å². The molecular weight excluding hydrogens is 450 g/mol. The molecular formula is C29H47N5O2. The second kappa shape index (κ2) is 15.5. The summed E-state index contributed by atoms with van der Waals surface area (Å²) in [6, 6.07) is 9.29. The zero-order valence-electron chi connectivity index (χ0n) is 22.5. The normalized spacial score (nSPS) is 20.6. The summed E-state index contributed by atoms with van der Waals surface area (Å²) < 4.78 is 0. The second-order valence-electron chi connectivity index (χ2n) is 10.4. The summed E-state index contributed by atoms with van der Waals surface area (Å²) in [6.45, 7) is 3.57. The highest BCUT2D eigenvalue weighted by Gasteiger charge is 2.49. The van der Waals surface area contributed by atoms with E-state index in [-0.39, 0.29) is 18.1 Å². The summed E-state index contributed by atoms with van der Waals surface area (Å²) in [5.74, 6) is 0.464. The minimum Gasteiger partial charge on any atom is -0.333 e. The lowest BCUT2D eigenvalue weighted by molar-refractivity contribution is -0.127. The van der Waals surface area contributed by atoms with Gasteiger partial charge in [0.05, 0.1) is 6.54 Å². The third-order valence-corrected chi connectivity index (χ3v) is 7.43. The number of urea groups is 1. The molecule has 2 heterocycles. The van der Waals surface area contributed by atoms with Crippen LogP contribution >= 0.6 is 0 Å². The first-order valence-corrected chi connectivity index (χ1v) is 14.3. The van der Waals surface area contributed by atoms with E-state index in [9.17, 15) is 9.59 Å². The quantitative estimate of drug-likeness (QED) is 0.267. The molecule has 2 saturated heterocycles.